The predicted molar refractivity (Wildman–Crippen MR) is 86.8 cm³/mol. The number of nitrogens with zero attached hydrogens (tertiary/aromatic N) is 3. The molecule has 0 atom stereocenters. The van der Waals surface area contributed by atoms with Gasteiger partial charge in [-0.3, -0.25) is 9.59 Å². The molecule has 24 heavy (non-hydrogen) atoms. The number of carbonyl (C=O) groups is 2. The number of anilines is 1. The zero-order chi connectivity index (χ0) is 17.5. The van der Waals surface area contributed by atoms with E-state index in [4.69, 9.17) is 5.26 Å². The van der Waals surface area contributed by atoms with Crippen LogP contribution in [0, 0.1) is 17.1 Å². The Morgan fingerprint density at radius 1 is 1.33 bits per heavy atom. The minimum atomic E-state index is -0.472. The number of hydrogen-bond donors (Lipinski definition) is 1. The van der Waals surface area contributed by atoms with E-state index in [9.17, 15) is 14.0 Å². The van der Waals surface area contributed by atoms with Crippen LogP contribution < -0.4 is 9.80 Å². The van der Waals surface area contributed by atoms with Gasteiger partial charge in [-0.15, -0.1) is 0 Å². The molecule has 0 radical (unpaired) electrons. The Kier molecular flexibility index (Phi) is 6.27. The molecule has 0 bridgehead atoms. The molecule has 1 aliphatic heterocycles. The monoisotopic (exact) mass is 333 g/mol. The molecular weight excluding hydrogens is 311 g/mol. The zero-order valence-electron chi connectivity index (χ0n) is 13.8. The number of nitrogens with one attached hydrogen (secondary N) is 1. The number of carbonyl (C=O) groups excluding carboxylic acids is 2. The Balaban J connectivity index is 2.02. The van der Waals surface area contributed by atoms with Gasteiger partial charge in [-0.25, -0.2) is 4.39 Å². The smallest absolute Gasteiger partial charge is 0.282 e. The van der Waals surface area contributed by atoms with Gasteiger partial charge in [-0.05, 0) is 12.1 Å². The van der Waals surface area contributed by atoms with Gasteiger partial charge in [-0.2, -0.15) is 5.26 Å². The molecule has 1 aromatic rings. The van der Waals surface area contributed by atoms with Crippen molar-refractivity contribution in [2.45, 2.75) is 13.3 Å². The standard InChI is InChI=1S/C17H21FN4O2/c1-14(23)21-11-9-20(10-12-21)13-17(24)22(8-4-7-19)16-6-3-2-5-15(16)18/h2-3,5-6H,4,8-13H2,1H3/p+1. The molecule has 0 aliphatic carbocycles. The van der Waals surface area contributed by atoms with Crippen molar-refractivity contribution in [2.75, 3.05) is 44.2 Å². The fourth-order valence-electron chi connectivity index (χ4n) is 2.84. The number of benzene rings is 1. The normalized spacial score (nSPS) is 15.0. The van der Waals surface area contributed by atoms with Crippen LogP contribution in [0.2, 0.25) is 0 Å². The van der Waals surface area contributed by atoms with Gasteiger partial charge in [0, 0.05) is 13.5 Å². The highest BCUT2D eigenvalue weighted by molar-refractivity contribution is 5.94. The molecule has 1 aromatic carbocycles. The lowest BCUT2D eigenvalue weighted by Gasteiger charge is -2.32. The van der Waals surface area contributed by atoms with E-state index < -0.39 is 5.82 Å². The van der Waals surface area contributed by atoms with Gasteiger partial charge in [0.1, 0.15) is 5.82 Å². The topological polar surface area (TPSA) is 68.9 Å². The molecule has 7 heteroatoms. The Hall–Kier alpha value is -2.46. The molecule has 0 spiro atoms. The minimum Gasteiger partial charge on any atom is -0.332 e. The number of amides is 2. The first kappa shape index (κ1) is 17.9. The summed E-state index contributed by atoms with van der Waals surface area (Å²) in [5.74, 6) is -0.635. The maximum Gasteiger partial charge on any atom is 0.282 e. The first-order chi connectivity index (χ1) is 11.5. The summed E-state index contributed by atoms with van der Waals surface area (Å²) in [6.07, 6.45) is 0.146. The summed E-state index contributed by atoms with van der Waals surface area (Å²) in [4.78, 5) is 28.2. The van der Waals surface area contributed by atoms with Crippen molar-refractivity contribution < 1.29 is 18.9 Å². The van der Waals surface area contributed by atoms with Crippen molar-refractivity contribution in [3.63, 3.8) is 0 Å². The summed E-state index contributed by atoms with van der Waals surface area (Å²) in [6.45, 7) is 4.56. The average Bonchev–Trinajstić information content (AvgIpc) is 2.57. The molecule has 2 rings (SSSR count). The van der Waals surface area contributed by atoms with E-state index in [2.05, 4.69) is 0 Å². The number of quaternary nitrogens is 1. The molecule has 0 saturated carbocycles. The summed E-state index contributed by atoms with van der Waals surface area (Å²) in [5.41, 5.74) is 0.208. The van der Waals surface area contributed by atoms with E-state index in [1.807, 2.05) is 6.07 Å². The lowest BCUT2D eigenvalue weighted by atomic mass is 10.2. The van der Waals surface area contributed by atoms with Gasteiger partial charge in [0.2, 0.25) is 5.91 Å². The van der Waals surface area contributed by atoms with Crippen LogP contribution in [0.3, 0.4) is 0 Å². The first-order valence-corrected chi connectivity index (χ1v) is 8.04. The van der Waals surface area contributed by atoms with Crippen LogP contribution >= 0.6 is 0 Å². The second-order valence-corrected chi connectivity index (χ2v) is 5.84. The van der Waals surface area contributed by atoms with E-state index in [0.717, 1.165) is 4.90 Å². The molecule has 6 nitrogen and oxygen atoms in total. The summed E-state index contributed by atoms with van der Waals surface area (Å²) in [6, 6.07) is 8.09. The molecule has 0 aromatic heterocycles. The van der Waals surface area contributed by atoms with Crippen molar-refractivity contribution in [1.82, 2.24) is 4.90 Å². The van der Waals surface area contributed by atoms with Gasteiger partial charge in [0.05, 0.1) is 44.4 Å². The molecule has 2 amide bonds. The number of piperazine rings is 1. The maximum atomic E-state index is 14.0. The quantitative estimate of drug-likeness (QED) is 0.813. The molecule has 128 valence electrons. The third-order valence-corrected chi connectivity index (χ3v) is 4.21. The van der Waals surface area contributed by atoms with Crippen LogP contribution in [0.25, 0.3) is 0 Å². The lowest BCUT2D eigenvalue weighted by Crippen LogP contribution is -3.15. The van der Waals surface area contributed by atoms with Gasteiger partial charge in [-0.1, -0.05) is 12.1 Å². The molecule has 0 unspecified atom stereocenters. The highest BCUT2D eigenvalue weighted by Gasteiger charge is 2.27. The molecule has 1 N–H and O–H groups in total. The van der Waals surface area contributed by atoms with Crippen LogP contribution in [0.4, 0.5) is 10.1 Å². The number of para-hydroxylation sites is 1. The Labute approximate surface area is 141 Å². The van der Waals surface area contributed by atoms with Crippen molar-refractivity contribution in [3.8, 4) is 6.07 Å². The van der Waals surface area contributed by atoms with Crippen LogP contribution in [-0.2, 0) is 9.59 Å². The lowest BCUT2D eigenvalue weighted by molar-refractivity contribution is -0.895. The zero-order valence-corrected chi connectivity index (χ0v) is 13.8. The molecule has 1 saturated heterocycles. The van der Waals surface area contributed by atoms with Gasteiger partial charge >= 0.3 is 0 Å². The van der Waals surface area contributed by atoms with Crippen LogP contribution in [-0.4, -0.2) is 56.0 Å². The average molecular weight is 333 g/mol. The maximum absolute atomic E-state index is 14.0. The Morgan fingerprint density at radius 3 is 2.58 bits per heavy atom. The highest BCUT2D eigenvalue weighted by Crippen LogP contribution is 2.18. The van der Waals surface area contributed by atoms with Crippen LogP contribution in [0.15, 0.2) is 24.3 Å². The number of halogens is 1. The first-order valence-electron chi connectivity index (χ1n) is 8.04. The number of hydrogen-bond acceptors (Lipinski definition) is 3. The van der Waals surface area contributed by atoms with Gasteiger partial charge in [0.15, 0.2) is 6.54 Å². The fourth-order valence-corrected chi connectivity index (χ4v) is 2.84. The van der Waals surface area contributed by atoms with Crippen molar-refractivity contribution in [3.05, 3.63) is 30.1 Å². The van der Waals surface area contributed by atoms with Crippen molar-refractivity contribution >= 4 is 17.5 Å². The second kappa shape index (κ2) is 8.41. The number of nitriles is 1. The Bertz CT molecular complexity index is 636. The molecule has 1 aliphatic rings. The summed E-state index contributed by atoms with van der Waals surface area (Å²) in [7, 11) is 0. The summed E-state index contributed by atoms with van der Waals surface area (Å²) in [5, 5.41) is 8.79. The van der Waals surface area contributed by atoms with E-state index in [-0.39, 0.29) is 37.0 Å². The molecular formula is C17H22FN4O2+. The highest BCUT2D eigenvalue weighted by atomic mass is 19.1. The van der Waals surface area contributed by atoms with Crippen LogP contribution in [0.5, 0.6) is 0 Å². The van der Waals surface area contributed by atoms with Crippen molar-refractivity contribution in [2.24, 2.45) is 0 Å². The third-order valence-electron chi connectivity index (χ3n) is 4.21. The summed E-state index contributed by atoms with van der Waals surface area (Å²) >= 11 is 0. The predicted octanol–water partition coefficient (Wildman–Crippen LogP) is -0.181. The van der Waals surface area contributed by atoms with Crippen molar-refractivity contribution in [1.29, 1.82) is 5.26 Å². The largest absolute Gasteiger partial charge is 0.332 e. The third kappa shape index (κ3) is 4.52. The molecule has 1 heterocycles. The van der Waals surface area contributed by atoms with E-state index >= 15 is 0 Å². The fraction of sp³-hybridized carbons (Fsp3) is 0.471. The Morgan fingerprint density at radius 2 is 2.00 bits per heavy atom. The number of rotatable bonds is 5. The SMILES string of the molecule is CC(=O)N1CC[NH+](CC(=O)N(CCC#N)c2ccccc2F)CC1. The summed E-state index contributed by atoms with van der Waals surface area (Å²) < 4.78 is 14.0. The van der Waals surface area contributed by atoms with E-state index in [1.165, 1.54) is 17.9 Å². The molecule has 1 fully saturated rings. The van der Waals surface area contributed by atoms with Gasteiger partial charge in [0.25, 0.3) is 5.91 Å². The second-order valence-electron chi connectivity index (χ2n) is 5.84. The van der Waals surface area contributed by atoms with Gasteiger partial charge < -0.3 is 14.7 Å². The van der Waals surface area contributed by atoms with E-state index in [0.29, 0.717) is 26.2 Å². The minimum absolute atomic E-state index is 0.0439. The van der Waals surface area contributed by atoms with E-state index in [1.54, 1.807) is 23.1 Å². The van der Waals surface area contributed by atoms with Crippen LogP contribution in [0.1, 0.15) is 13.3 Å².